The Kier molecular flexibility index (Phi) is 7.12. The highest BCUT2D eigenvalue weighted by molar-refractivity contribution is 5.81. The molecule has 2 aromatic rings. The van der Waals surface area contributed by atoms with E-state index in [4.69, 9.17) is 21.3 Å². The topological polar surface area (TPSA) is 198 Å². The third-order valence-electron chi connectivity index (χ3n) is 5.19. The zero-order valence-corrected chi connectivity index (χ0v) is 16.6. The van der Waals surface area contributed by atoms with Gasteiger partial charge in [0.2, 0.25) is 0 Å². The Balaban J connectivity index is 1.72. The van der Waals surface area contributed by atoms with Crippen LogP contribution in [0.25, 0.3) is 11.2 Å². The third-order valence-corrected chi connectivity index (χ3v) is 5.19. The number of aromatic nitrogens is 4. The molecule has 0 saturated carbocycles. The molecule has 3 heterocycles. The zero-order valence-electron chi connectivity index (χ0n) is 16.6. The lowest BCUT2D eigenvalue weighted by Gasteiger charge is -2.27. The molecule has 30 heavy (non-hydrogen) atoms. The highest BCUT2D eigenvalue weighted by Crippen LogP contribution is 2.32. The van der Waals surface area contributed by atoms with E-state index in [0.717, 1.165) is 0 Å². The summed E-state index contributed by atoms with van der Waals surface area (Å²) in [4.78, 5) is 25.1. The third kappa shape index (κ3) is 4.66. The number of aliphatic hydroxyl groups is 2. The molecule has 1 fully saturated rings. The second-order valence-corrected chi connectivity index (χ2v) is 7.27. The molecule has 1 aliphatic heterocycles. The maximum Gasteiger partial charge on any atom is 0.320 e. The number of aliphatic carboxylic acids is 1. The number of aliphatic hydroxyl groups excluding tert-OH is 2. The summed E-state index contributed by atoms with van der Waals surface area (Å²) in [5.41, 5.74) is 12.2. The second kappa shape index (κ2) is 9.59. The molecular formula is C17H28N8O5. The normalized spacial score (nSPS) is 25.2. The number of imidazole rings is 1. The molecule has 3 rings (SSSR count). The zero-order chi connectivity index (χ0) is 21.8. The maximum absolute atomic E-state index is 11.0. The van der Waals surface area contributed by atoms with Gasteiger partial charge in [-0.3, -0.25) is 14.3 Å². The number of rotatable bonds is 10. The maximum atomic E-state index is 11.0. The fourth-order valence-corrected chi connectivity index (χ4v) is 3.43. The van der Waals surface area contributed by atoms with Gasteiger partial charge in [0.05, 0.1) is 6.33 Å². The number of hydrogen-bond acceptors (Lipinski definition) is 11. The summed E-state index contributed by atoms with van der Waals surface area (Å²) in [6, 6.07) is -0.975. The number of nitrogens with zero attached hydrogens (tertiary/aromatic N) is 5. The van der Waals surface area contributed by atoms with E-state index in [2.05, 4.69) is 20.3 Å². The number of hydrogen-bond donors (Lipinski definition) is 6. The van der Waals surface area contributed by atoms with Crippen LogP contribution >= 0.6 is 0 Å². The molecule has 0 unspecified atom stereocenters. The molecule has 0 aromatic carbocycles. The van der Waals surface area contributed by atoms with Gasteiger partial charge in [-0.15, -0.1) is 0 Å². The minimum atomic E-state index is -1.21. The number of nitrogens with two attached hydrogens (primary N) is 2. The minimum absolute atomic E-state index is 0.205. The van der Waals surface area contributed by atoms with E-state index in [1.54, 1.807) is 7.05 Å². The molecule has 5 atom stereocenters. The van der Waals surface area contributed by atoms with Crippen molar-refractivity contribution < 1.29 is 24.9 Å². The molecule has 166 valence electrons. The van der Waals surface area contributed by atoms with Crippen LogP contribution in [0.5, 0.6) is 0 Å². The molecule has 0 radical (unpaired) electrons. The molecule has 0 bridgehead atoms. The number of carboxylic acid groups (broad SMARTS) is 1. The molecule has 1 saturated heterocycles. The van der Waals surface area contributed by atoms with E-state index in [1.807, 2.05) is 4.90 Å². The van der Waals surface area contributed by atoms with Crippen LogP contribution in [0.15, 0.2) is 12.7 Å². The molecular weight excluding hydrogens is 396 g/mol. The quantitative estimate of drug-likeness (QED) is 0.232. The summed E-state index contributed by atoms with van der Waals surface area (Å²) >= 11 is 0. The molecule has 8 N–H and O–H groups in total. The van der Waals surface area contributed by atoms with Crippen molar-refractivity contribution in [2.45, 2.75) is 37.0 Å². The highest BCUT2D eigenvalue weighted by Gasteiger charge is 2.44. The monoisotopic (exact) mass is 424 g/mol. The summed E-state index contributed by atoms with van der Waals surface area (Å²) in [6.45, 7) is 1.93. The standard InChI is InChI=1S/C17H28N8O5/c1-20-3-5-24(4-2-9(18)17(28)29)6-10-12(26)13(27)16(30-10)25-8-23-11-14(19)21-7-22-15(11)25/h7-10,12-13,16,20,26-27H,2-6,18H2,1H3,(H,28,29)(H2,19,21,22)/t9-,10+,12+,13+,16+/m0/s1. The largest absolute Gasteiger partial charge is 0.480 e. The molecule has 0 amide bonds. The Morgan fingerprint density at radius 1 is 1.33 bits per heavy atom. The number of nitrogens with one attached hydrogen (secondary N) is 1. The van der Waals surface area contributed by atoms with Gasteiger partial charge in [-0.1, -0.05) is 0 Å². The molecule has 0 spiro atoms. The van der Waals surface area contributed by atoms with E-state index in [-0.39, 0.29) is 18.8 Å². The molecule has 2 aromatic heterocycles. The van der Waals surface area contributed by atoms with Crippen LogP contribution in [0.2, 0.25) is 0 Å². The molecule has 0 aliphatic carbocycles. The minimum Gasteiger partial charge on any atom is -0.480 e. The van der Waals surface area contributed by atoms with Gasteiger partial charge in [0.1, 0.15) is 36.2 Å². The van der Waals surface area contributed by atoms with Crippen molar-refractivity contribution in [1.82, 2.24) is 29.7 Å². The van der Waals surface area contributed by atoms with Gasteiger partial charge < -0.3 is 36.8 Å². The summed E-state index contributed by atoms with van der Waals surface area (Å²) in [7, 11) is 1.81. The average Bonchev–Trinajstić information content (AvgIpc) is 3.26. The Labute approximate surface area is 172 Å². The van der Waals surface area contributed by atoms with E-state index in [0.29, 0.717) is 30.8 Å². The van der Waals surface area contributed by atoms with Crippen molar-refractivity contribution in [3.05, 3.63) is 12.7 Å². The summed E-state index contributed by atoms with van der Waals surface area (Å²) in [5.74, 6) is -0.860. The average molecular weight is 424 g/mol. The number of anilines is 1. The number of carboxylic acids is 1. The molecule has 13 heteroatoms. The van der Waals surface area contributed by atoms with Crippen molar-refractivity contribution in [3.8, 4) is 0 Å². The number of likely N-dealkylation sites (N-methyl/N-ethyl adjacent to an activating group) is 1. The first-order valence-corrected chi connectivity index (χ1v) is 9.63. The van der Waals surface area contributed by atoms with Crippen molar-refractivity contribution in [1.29, 1.82) is 0 Å². The van der Waals surface area contributed by atoms with E-state index in [9.17, 15) is 15.0 Å². The first-order chi connectivity index (χ1) is 14.3. The summed E-state index contributed by atoms with van der Waals surface area (Å²) < 4.78 is 7.47. The summed E-state index contributed by atoms with van der Waals surface area (Å²) in [6.07, 6.45) is -1.01. The van der Waals surface area contributed by atoms with Crippen LogP contribution in [-0.4, -0.2) is 103 Å². The van der Waals surface area contributed by atoms with Gasteiger partial charge >= 0.3 is 5.97 Å². The fourth-order valence-electron chi connectivity index (χ4n) is 3.43. The lowest BCUT2D eigenvalue weighted by Crippen LogP contribution is -2.44. The van der Waals surface area contributed by atoms with Gasteiger partial charge in [-0.05, 0) is 13.5 Å². The van der Waals surface area contributed by atoms with Crippen molar-refractivity contribution >= 4 is 23.0 Å². The Hall–Kier alpha value is -2.42. The van der Waals surface area contributed by atoms with E-state index < -0.39 is 36.6 Å². The number of carbonyl (C=O) groups is 1. The Morgan fingerprint density at radius 3 is 2.80 bits per heavy atom. The van der Waals surface area contributed by atoms with Crippen molar-refractivity contribution in [3.63, 3.8) is 0 Å². The fraction of sp³-hybridized carbons (Fsp3) is 0.647. The van der Waals surface area contributed by atoms with Gasteiger partial charge in [-0.2, -0.15) is 0 Å². The van der Waals surface area contributed by atoms with Gasteiger partial charge in [0, 0.05) is 26.2 Å². The molecule has 1 aliphatic rings. The van der Waals surface area contributed by atoms with Crippen LogP contribution in [-0.2, 0) is 9.53 Å². The second-order valence-electron chi connectivity index (χ2n) is 7.27. The van der Waals surface area contributed by atoms with Gasteiger partial charge in [-0.25, -0.2) is 15.0 Å². The number of fused-ring (bicyclic) bond motifs is 1. The van der Waals surface area contributed by atoms with Crippen molar-refractivity contribution in [2.24, 2.45) is 5.73 Å². The van der Waals surface area contributed by atoms with Crippen LogP contribution in [0, 0.1) is 0 Å². The Bertz CT molecular complexity index is 864. The van der Waals surface area contributed by atoms with Crippen molar-refractivity contribution in [2.75, 3.05) is 39.0 Å². The lowest BCUT2D eigenvalue weighted by atomic mass is 10.1. The lowest BCUT2D eigenvalue weighted by molar-refractivity contribution is -0.138. The van der Waals surface area contributed by atoms with E-state index >= 15 is 0 Å². The number of nitrogen functional groups attached to an aromatic ring is 1. The van der Waals surface area contributed by atoms with Crippen LogP contribution in [0.1, 0.15) is 12.6 Å². The number of ether oxygens (including phenoxy) is 1. The van der Waals surface area contributed by atoms with Crippen LogP contribution < -0.4 is 16.8 Å². The predicted octanol–water partition coefficient (Wildman–Crippen LogP) is -2.65. The first-order valence-electron chi connectivity index (χ1n) is 9.63. The predicted molar refractivity (Wildman–Crippen MR) is 106 cm³/mol. The van der Waals surface area contributed by atoms with Gasteiger partial charge in [0.25, 0.3) is 0 Å². The van der Waals surface area contributed by atoms with Gasteiger partial charge in [0.15, 0.2) is 17.7 Å². The van der Waals surface area contributed by atoms with E-state index in [1.165, 1.54) is 17.2 Å². The SMILES string of the molecule is CNCCN(CC[C@H](N)C(=O)O)C[C@H]1O[C@@H](n2cnc3c(N)ncnc32)[C@H](O)[C@@H]1O. The molecule has 13 nitrogen and oxygen atoms in total. The Morgan fingerprint density at radius 2 is 2.10 bits per heavy atom. The van der Waals surface area contributed by atoms with Crippen LogP contribution in [0.3, 0.4) is 0 Å². The highest BCUT2D eigenvalue weighted by atomic mass is 16.6. The first kappa shape index (κ1) is 22.3. The summed E-state index contributed by atoms with van der Waals surface area (Å²) in [5, 5.41) is 33.2. The van der Waals surface area contributed by atoms with Crippen LogP contribution in [0.4, 0.5) is 5.82 Å². The smallest absolute Gasteiger partial charge is 0.320 e.